The quantitative estimate of drug-likeness (QED) is 0.507. The van der Waals surface area contributed by atoms with Crippen LogP contribution in [-0.2, 0) is 4.79 Å². The molecule has 184 valence electrons. The highest BCUT2D eigenvalue weighted by Gasteiger charge is 2.42. The predicted octanol–water partition coefficient (Wildman–Crippen LogP) is 2.99. The molecule has 3 heterocycles. The fraction of sp³-hybridized carbons (Fsp3) is 0.435. The van der Waals surface area contributed by atoms with E-state index in [9.17, 15) is 23.2 Å². The molecule has 2 saturated heterocycles. The number of piperidine rings is 1. The molecule has 0 saturated carbocycles. The maximum absolute atomic E-state index is 13.1. The molecule has 1 amide bonds. The zero-order valence-electron chi connectivity index (χ0n) is 19.0. The Morgan fingerprint density at radius 1 is 1.23 bits per heavy atom. The van der Waals surface area contributed by atoms with Crippen molar-refractivity contribution in [3.05, 3.63) is 30.0 Å². The van der Waals surface area contributed by atoms with Crippen LogP contribution in [0.5, 0.6) is 5.75 Å². The van der Waals surface area contributed by atoms with Gasteiger partial charge in [0.1, 0.15) is 17.7 Å². The van der Waals surface area contributed by atoms with Crippen molar-refractivity contribution in [2.75, 3.05) is 44.7 Å². The molecule has 0 atom stereocenters. The van der Waals surface area contributed by atoms with Gasteiger partial charge in [0, 0.05) is 43.7 Å². The molecule has 2 fully saturated rings. The minimum absolute atomic E-state index is 0.0211. The molecule has 2 aromatic rings. The third-order valence-electron chi connectivity index (χ3n) is 6.44. The number of rotatable bonds is 3. The Bertz CT molecular complexity index is 1220. The number of benzene rings is 1. The summed E-state index contributed by atoms with van der Waals surface area (Å²) in [7, 11) is 1.56. The van der Waals surface area contributed by atoms with Crippen LogP contribution in [0.25, 0.3) is 10.9 Å². The van der Waals surface area contributed by atoms with E-state index in [4.69, 9.17) is 15.6 Å². The van der Waals surface area contributed by atoms with Gasteiger partial charge in [-0.25, -0.2) is 0 Å². The summed E-state index contributed by atoms with van der Waals surface area (Å²) >= 11 is 0. The van der Waals surface area contributed by atoms with Crippen LogP contribution in [0.2, 0.25) is 0 Å². The number of halogens is 3. The molecule has 1 aromatic heterocycles. The number of aromatic nitrogens is 1. The monoisotopic (exact) mass is 487 g/mol. The van der Waals surface area contributed by atoms with Crippen molar-refractivity contribution in [1.29, 1.82) is 16.1 Å². The summed E-state index contributed by atoms with van der Waals surface area (Å²) in [4.78, 5) is 21.5. The Labute approximate surface area is 199 Å². The summed E-state index contributed by atoms with van der Waals surface area (Å²) < 4.78 is 43.9. The van der Waals surface area contributed by atoms with Crippen molar-refractivity contribution in [3.63, 3.8) is 0 Å². The summed E-state index contributed by atoms with van der Waals surface area (Å²) in [5, 5.41) is 25.6. The second-order valence-corrected chi connectivity index (χ2v) is 8.48. The molecule has 2 aliphatic rings. The Balaban J connectivity index is 1.45. The summed E-state index contributed by atoms with van der Waals surface area (Å²) in [6.45, 7) is 0.547. The molecule has 12 heteroatoms. The van der Waals surface area contributed by atoms with Gasteiger partial charge in [0.05, 0.1) is 30.4 Å². The van der Waals surface area contributed by atoms with E-state index in [-0.39, 0.29) is 31.5 Å². The third-order valence-corrected chi connectivity index (χ3v) is 6.44. The highest BCUT2D eigenvalue weighted by molar-refractivity contribution is 6.03. The van der Waals surface area contributed by atoms with Gasteiger partial charge in [-0.1, -0.05) is 0 Å². The largest absolute Gasteiger partial charge is 0.497 e. The standard InChI is InChI=1S/C23H24F3N7O2/c1-35-16-2-3-18-17(10-16)20(15(11-27)12-30-18)31-6-4-14(5-7-31)21(34)32-8-9-33(19(28)13-32)22(29)23(24,25)26/h2-3,10,12,14,28-29H,4-9,13H2,1H3. The number of piperazine rings is 1. The van der Waals surface area contributed by atoms with E-state index in [2.05, 4.69) is 16.0 Å². The fourth-order valence-corrected chi connectivity index (χ4v) is 4.60. The van der Waals surface area contributed by atoms with Crippen molar-refractivity contribution >= 4 is 34.2 Å². The number of nitrogens with one attached hydrogen (secondary N) is 2. The van der Waals surface area contributed by atoms with Crippen molar-refractivity contribution in [2.24, 2.45) is 5.92 Å². The number of methoxy groups -OCH3 is 1. The Morgan fingerprint density at radius 2 is 1.94 bits per heavy atom. The molecular formula is C23H24F3N7O2. The first kappa shape index (κ1) is 24.3. The molecule has 1 aromatic carbocycles. The molecule has 0 spiro atoms. The van der Waals surface area contributed by atoms with Crippen molar-refractivity contribution in [2.45, 2.75) is 19.0 Å². The fourth-order valence-electron chi connectivity index (χ4n) is 4.60. The lowest BCUT2D eigenvalue weighted by Crippen LogP contribution is -2.57. The second kappa shape index (κ2) is 9.40. The van der Waals surface area contributed by atoms with Gasteiger partial charge in [0.25, 0.3) is 0 Å². The number of amidine groups is 2. The van der Waals surface area contributed by atoms with Gasteiger partial charge in [0.15, 0.2) is 0 Å². The predicted molar refractivity (Wildman–Crippen MR) is 123 cm³/mol. The summed E-state index contributed by atoms with van der Waals surface area (Å²) in [5.41, 5.74) is 1.88. The molecule has 9 nitrogen and oxygen atoms in total. The van der Waals surface area contributed by atoms with Crippen LogP contribution in [0.4, 0.5) is 18.9 Å². The number of ether oxygens (including phenoxy) is 1. The van der Waals surface area contributed by atoms with Crippen LogP contribution < -0.4 is 9.64 Å². The Morgan fingerprint density at radius 3 is 2.54 bits per heavy atom. The van der Waals surface area contributed by atoms with E-state index in [1.54, 1.807) is 13.2 Å². The van der Waals surface area contributed by atoms with Crippen LogP contribution in [0.3, 0.4) is 0 Å². The number of carbonyl (C=O) groups excluding carboxylic acids is 1. The molecule has 0 unspecified atom stereocenters. The molecule has 35 heavy (non-hydrogen) atoms. The van der Waals surface area contributed by atoms with Gasteiger partial charge in [-0.05, 0) is 31.0 Å². The van der Waals surface area contributed by atoms with E-state index in [1.165, 1.54) is 11.1 Å². The lowest BCUT2D eigenvalue weighted by Gasteiger charge is -2.40. The van der Waals surface area contributed by atoms with E-state index < -0.39 is 17.8 Å². The lowest BCUT2D eigenvalue weighted by molar-refractivity contribution is -0.136. The first-order valence-corrected chi connectivity index (χ1v) is 11.0. The van der Waals surface area contributed by atoms with Crippen LogP contribution in [-0.4, -0.2) is 78.4 Å². The van der Waals surface area contributed by atoms with Crippen LogP contribution in [0.15, 0.2) is 24.4 Å². The number of pyridine rings is 1. The van der Waals surface area contributed by atoms with Crippen molar-refractivity contribution < 1.29 is 22.7 Å². The van der Waals surface area contributed by atoms with E-state index in [1.807, 2.05) is 12.1 Å². The average molecular weight is 487 g/mol. The number of nitrogens with zero attached hydrogens (tertiary/aromatic N) is 5. The molecule has 2 aliphatic heterocycles. The van der Waals surface area contributed by atoms with E-state index >= 15 is 0 Å². The highest BCUT2D eigenvalue weighted by Crippen LogP contribution is 2.35. The van der Waals surface area contributed by atoms with Gasteiger partial charge < -0.3 is 19.4 Å². The molecule has 0 aliphatic carbocycles. The minimum Gasteiger partial charge on any atom is -0.497 e. The van der Waals surface area contributed by atoms with Crippen molar-refractivity contribution in [1.82, 2.24) is 14.8 Å². The Kier molecular flexibility index (Phi) is 6.51. The lowest BCUT2D eigenvalue weighted by atomic mass is 9.93. The van der Waals surface area contributed by atoms with Gasteiger partial charge in [-0.15, -0.1) is 0 Å². The normalized spacial score (nSPS) is 17.5. The zero-order chi connectivity index (χ0) is 25.3. The number of alkyl halides is 3. The maximum atomic E-state index is 13.1. The number of anilines is 1. The SMILES string of the molecule is COc1ccc2ncc(C#N)c(N3CCC(C(=O)N4CCN(C(=N)C(F)(F)F)C(=N)C4)CC3)c2c1. The Hall–Kier alpha value is -3.88. The molecule has 4 rings (SSSR count). The third kappa shape index (κ3) is 4.71. The van der Waals surface area contributed by atoms with Gasteiger partial charge in [0.2, 0.25) is 11.7 Å². The number of hydrogen-bond acceptors (Lipinski definition) is 7. The summed E-state index contributed by atoms with van der Waals surface area (Å²) in [6, 6.07) is 7.64. The van der Waals surface area contributed by atoms with E-state index in [0.717, 1.165) is 16.6 Å². The summed E-state index contributed by atoms with van der Waals surface area (Å²) in [5.74, 6) is -1.89. The van der Waals surface area contributed by atoms with Crippen molar-refractivity contribution in [3.8, 4) is 11.8 Å². The van der Waals surface area contributed by atoms with Crippen LogP contribution >= 0.6 is 0 Å². The number of nitriles is 1. The maximum Gasteiger partial charge on any atom is 0.449 e. The van der Waals surface area contributed by atoms with Gasteiger partial charge in [-0.2, -0.15) is 18.4 Å². The first-order valence-electron chi connectivity index (χ1n) is 11.0. The minimum atomic E-state index is -4.84. The molecular weight excluding hydrogens is 463 g/mol. The molecule has 2 N–H and O–H groups in total. The van der Waals surface area contributed by atoms with Gasteiger partial charge >= 0.3 is 6.18 Å². The van der Waals surface area contributed by atoms with Crippen LogP contribution in [0.1, 0.15) is 18.4 Å². The van der Waals surface area contributed by atoms with E-state index in [0.29, 0.717) is 42.1 Å². The zero-order valence-corrected chi connectivity index (χ0v) is 19.0. The molecule has 0 radical (unpaired) electrons. The average Bonchev–Trinajstić information content (AvgIpc) is 2.86. The highest BCUT2D eigenvalue weighted by atomic mass is 19.4. The molecule has 0 bridgehead atoms. The number of carbonyl (C=O) groups is 1. The second-order valence-electron chi connectivity index (χ2n) is 8.48. The first-order chi connectivity index (χ1) is 16.6. The van der Waals surface area contributed by atoms with Gasteiger partial charge in [-0.3, -0.25) is 20.6 Å². The number of amides is 1. The number of fused-ring (bicyclic) bond motifs is 1. The van der Waals surface area contributed by atoms with Crippen LogP contribution in [0, 0.1) is 28.1 Å². The summed E-state index contributed by atoms with van der Waals surface area (Å²) in [6.07, 6.45) is -2.30. The topological polar surface area (TPSA) is 120 Å². The number of hydrogen-bond donors (Lipinski definition) is 2. The smallest absolute Gasteiger partial charge is 0.449 e.